The van der Waals surface area contributed by atoms with Crippen molar-refractivity contribution in [2.24, 2.45) is 4.99 Å². The highest BCUT2D eigenvalue weighted by Gasteiger charge is 2.25. The van der Waals surface area contributed by atoms with Crippen LogP contribution in [0.15, 0.2) is 53.5 Å². The Balaban J connectivity index is 1.65. The molecule has 0 unspecified atom stereocenters. The number of para-hydroxylation sites is 2. The van der Waals surface area contributed by atoms with Crippen LogP contribution < -0.4 is 9.47 Å². The predicted octanol–water partition coefficient (Wildman–Crippen LogP) is 3.24. The van der Waals surface area contributed by atoms with Gasteiger partial charge < -0.3 is 9.47 Å². The quantitative estimate of drug-likeness (QED) is 0.493. The molecule has 2 atom stereocenters. The number of non-ortho nitro benzene ring substituents is 1. The SMILES string of the molecule is C[C@H](N=Cc1ccc([N+](=O)[O-])cc1)[C@H]1COc2ccccc2O1. The fraction of sp³-hybridized carbons (Fsp3) is 0.235. The fourth-order valence-corrected chi connectivity index (χ4v) is 2.26. The standard InChI is InChI=1S/C17H16N2O4/c1-12(17-11-22-15-4-2-3-5-16(15)23-17)18-10-13-6-8-14(9-7-13)19(20)21/h2-10,12,17H,11H2,1H3/t12-,17+/m0/s1. The van der Waals surface area contributed by atoms with Crippen LogP contribution in [-0.2, 0) is 0 Å². The van der Waals surface area contributed by atoms with E-state index in [-0.39, 0.29) is 17.8 Å². The molecule has 0 N–H and O–H groups in total. The average molecular weight is 312 g/mol. The minimum Gasteiger partial charge on any atom is -0.486 e. The van der Waals surface area contributed by atoms with Crippen molar-refractivity contribution in [3.05, 3.63) is 64.2 Å². The first-order valence-corrected chi connectivity index (χ1v) is 7.29. The van der Waals surface area contributed by atoms with Crippen LogP contribution in [0.5, 0.6) is 11.5 Å². The number of hydrogen-bond donors (Lipinski definition) is 0. The van der Waals surface area contributed by atoms with Gasteiger partial charge in [-0.1, -0.05) is 12.1 Å². The summed E-state index contributed by atoms with van der Waals surface area (Å²) in [4.78, 5) is 14.7. The van der Waals surface area contributed by atoms with Gasteiger partial charge >= 0.3 is 0 Å². The minimum absolute atomic E-state index is 0.0656. The molecule has 0 radical (unpaired) electrons. The minimum atomic E-state index is -0.422. The molecule has 0 spiro atoms. The Morgan fingerprint density at radius 1 is 1.22 bits per heavy atom. The van der Waals surface area contributed by atoms with Crippen molar-refractivity contribution in [1.29, 1.82) is 0 Å². The summed E-state index contributed by atoms with van der Waals surface area (Å²) in [6.45, 7) is 2.39. The first-order chi connectivity index (χ1) is 11.1. The van der Waals surface area contributed by atoms with Gasteiger partial charge in [0, 0.05) is 18.3 Å². The number of nitrogens with zero attached hydrogens (tertiary/aromatic N) is 2. The fourth-order valence-electron chi connectivity index (χ4n) is 2.26. The van der Waals surface area contributed by atoms with Crippen molar-refractivity contribution in [3.63, 3.8) is 0 Å². The molecule has 0 aromatic heterocycles. The van der Waals surface area contributed by atoms with Gasteiger partial charge in [0.15, 0.2) is 17.6 Å². The molecular formula is C17H16N2O4. The summed E-state index contributed by atoms with van der Waals surface area (Å²) in [5, 5.41) is 10.6. The van der Waals surface area contributed by atoms with Crippen molar-refractivity contribution in [1.82, 2.24) is 0 Å². The third-order valence-electron chi connectivity index (χ3n) is 3.63. The molecule has 3 rings (SSSR count). The molecule has 0 bridgehead atoms. The second kappa shape index (κ2) is 6.48. The van der Waals surface area contributed by atoms with E-state index in [9.17, 15) is 10.1 Å². The van der Waals surface area contributed by atoms with Gasteiger partial charge in [-0.25, -0.2) is 0 Å². The number of rotatable bonds is 4. The number of aliphatic imine (C=N–C) groups is 1. The van der Waals surface area contributed by atoms with Gasteiger partial charge in [0.1, 0.15) is 6.61 Å². The Morgan fingerprint density at radius 3 is 2.61 bits per heavy atom. The molecule has 1 aliphatic heterocycles. The molecule has 2 aromatic rings. The highest BCUT2D eigenvalue weighted by molar-refractivity contribution is 5.80. The molecule has 0 saturated heterocycles. The monoisotopic (exact) mass is 312 g/mol. The third kappa shape index (κ3) is 3.48. The summed E-state index contributed by atoms with van der Waals surface area (Å²) in [6, 6.07) is 13.7. The molecule has 2 aromatic carbocycles. The Morgan fingerprint density at radius 2 is 1.91 bits per heavy atom. The van der Waals surface area contributed by atoms with E-state index < -0.39 is 4.92 Å². The largest absolute Gasteiger partial charge is 0.486 e. The summed E-state index contributed by atoms with van der Waals surface area (Å²) in [6.07, 6.45) is 1.53. The maximum absolute atomic E-state index is 10.6. The van der Waals surface area contributed by atoms with Crippen LogP contribution in [0.2, 0.25) is 0 Å². The van der Waals surface area contributed by atoms with Gasteiger partial charge in [0.25, 0.3) is 5.69 Å². The maximum atomic E-state index is 10.6. The van der Waals surface area contributed by atoms with Crippen LogP contribution in [0.1, 0.15) is 12.5 Å². The van der Waals surface area contributed by atoms with Crippen molar-refractivity contribution in [2.75, 3.05) is 6.61 Å². The summed E-state index contributed by atoms with van der Waals surface area (Å²) in [5.74, 6) is 1.47. The van der Waals surface area contributed by atoms with Gasteiger partial charge in [-0.3, -0.25) is 15.1 Å². The molecule has 118 valence electrons. The highest BCUT2D eigenvalue weighted by atomic mass is 16.6. The molecule has 6 nitrogen and oxygen atoms in total. The zero-order valence-corrected chi connectivity index (χ0v) is 12.6. The molecule has 0 fully saturated rings. The topological polar surface area (TPSA) is 74.0 Å². The third-order valence-corrected chi connectivity index (χ3v) is 3.63. The number of fused-ring (bicyclic) bond motifs is 1. The van der Waals surface area contributed by atoms with Gasteiger partial charge in [-0.15, -0.1) is 0 Å². The van der Waals surface area contributed by atoms with Crippen LogP contribution in [0.3, 0.4) is 0 Å². The van der Waals surface area contributed by atoms with Crippen molar-refractivity contribution >= 4 is 11.9 Å². The molecule has 0 amide bonds. The normalized spacial score (nSPS) is 17.9. The zero-order valence-electron chi connectivity index (χ0n) is 12.6. The highest BCUT2D eigenvalue weighted by Crippen LogP contribution is 2.31. The molecule has 1 heterocycles. The van der Waals surface area contributed by atoms with E-state index in [4.69, 9.17) is 9.47 Å². The van der Waals surface area contributed by atoms with E-state index in [2.05, 4.69) is 4.99 Å². The predicted molar refractivity (Wildman–Crippen MR) is 86.5 cm³/mol. The van der Waals surface area contributed by atoms with Crippen molar-refractivity contribution in [2.45, 2.75) is 19.1 Å². The van der Waals surface area contributed by atoms with Gasteiger partial charge in [0.2, 0.25) is 0 Å². The summed E-state index contributed by atoms with van der Waals surface area (Å²) in [7, 11) is 0. The lowest BCUT2D eigenvalue weighted by atomic mass is 10.1. The number of nitro groups is 1. The van der Waals surface area contributed by atoms with Crippen LogP contribution in [0.4, 0.5) is 5.69 Å². The number of benzene rings is 2. The van der Waals surface area contributed by atoms with Crippen LogP contribution in [0, 0.1) is 10.1 Å². The second-order valence-corrected chi connectivity index (χ2v) is 5.28. The average Bonchev–Trinajstić information content (AvgIpc) is 2.59. The zero-order chi connectivity index (χ0) is 16.2. The van der Waals surface area contributed by atoms with Crippen LogP contribution in [-0.4, -0.2) is 29.9 Å². The summed E-state index contributed by atoms with van der Waals surface area (Å²) < 4.78 is 11.6. The number of ether oxygens (including phenoxy) is 2. The molecule has 0 aliphatic carbocycles. The maximum Gasteiger partial charge on any atom is 0.269 e. The summed E-state index contributed by atoms with van der Waals surface area (Å²) >= 11 is 0. The Labute approximate surface area is 133 Å². The molecule has 0 saturated carbocycles. The lowest BCUT2D eigenvalue weighted by Gasteiger charge is -2.28. The van der Waals surface area contributed by atoms with Gasteiger partial charge in [0.05, 0.1) is 11.0 Å². The summed E-state index contributed by atoms with van der Waals surface area (Å²) in [5.41, 5.74) is 0.871. The first kappa shape index (κ1) is 15.0. The lowest BCUT2D eigenvalue weighted by molar-refractivity contribution is -0.384. The number of hydrogen-bond acceptors (Lipinski definition) is 5. The molecule has 23 heavy (non-hydrogen) atoms. The van der Waals surface area contributed by atoms with E-state index in [0.29, 0.717) is 6.61 Å². The van der Waals surface area contributed by atoms with Crippen molar-refractivity contribution in [3.8, 4) is 11.5 Å². The van der Waals surface area contributed by atoms with Crippen LogP contribution in [0.25, 0.3) is 0 Å². The molecule has 6 heteroatoms. The smallest absolute Gasteiger partial charge is 0.269 e. The van der Waals surface area contributed by atoms with Gasteiger partial charge in [-0.05, 0) is 36.8 Å². The van der Waals surface area contributed by atoms with E-state index in [1.165, 1.54) is 12.1 Å². The van der Waals surface area contributed by atoms with Gasteiger partial charge in [-0.2, -0.15) is 0 Å². The Kier molecular flexibility index (Phi) is 4.23. The van der Waals surface area contributed by atoms with E-state index in [0.717, 1.165) is 17.1 Å². The Bertz CT molecular complexity index is 728. The lowest BCUT2D eigenvalue weighted by Crippen LogP contribution is -2.37. The Hall–Kier alpha value is -2.89. The van der Waals surface area contributed by atoms with E-state index >= 15 is 0 Å². The van der Waals surface area contributed by atoms with E-state index in [1.54, 1.807) is 18.3 Å². The first-order valence-electron chi connectivity index (χ1n) is 7.29. The van der Waals surface area contributed by atoms with Crippen molar-refractivity contribution < 1.29 is 14.4 Å². The van der Waals surface area contributed by atoms with E-state index in [1.807, 2.05) is 31.2 Å². The van der Waals surface area contributed by atoms with Crippen LogP contribution >= 0.6 is 0 Å². The number of nitro benzene ring substituents is 1. The molecule has 1 aliphatic rings. The molecular weight excluding hydrogens is 296 g/mol. The second-order valence-electron chi connectivity index (χ2n) is 5.28.